The summed E-state index contributed by atoms with van der Waals surface area (Å²) in [4.78, 5) is 15.0. The second-order valence-electron chi connectivity index (χ2n) is 8.89. The molecule has 2 aromatic rings. The van der Waals surface area contributed by atoms with Crippen molar-refractivity contribution >= 4 is 5.91 Å². The predicted molar refractivity (Wildman–Crippen MR) is 117 cm³/mol. The minimum absolute atomic E-state index is 0.0737. The highest BCUT2D eigenvalue weighted by Crippen LogP contribution is 2.26. The number of likely N-dealkylation sites (tertiary alicyclic amines) is 1. The van der Waals surface area contributed by atoms with Crippen molar-refractivity contribution in [3.05, 3.63) is 48.0 Å². The van der Waals surface area contributed by atoms with Gasteiger partial charge in [-0.05, 0) is 55.9 Å². The largest absolute Gasteiger partial charge is 0.461 e. The minimum Gasteiger partial charge on any atom is -0.461 e. The lowest BCUT2D eigenvalue weighted by Crippen LogP contribution is -2.46. The number of aryl methyl sites for hydroxylation is 1. The number of nitrogens with one attached hydrogen (secondary N) is 1. The first kappa shape index (κ1) is 21.1. The molecule has 2 fully saturated rings. The molecule has 2 heterocycles. The van der Waals surface area contributed by atoms with E-state index in [1.165, 1.54) is 44.7 Å². The number of rotatable bonds is 7. The van der Waals surface area contributed by atoms with E-state index in [9.17, 15) is 9.18 Å². The molecule has 1 N–H and O–H groups in total. The highest BCUT2D eigenvalue weighted by molar-refractivity contribution is 5.76. The molecule has 0 spiro atoms. The third kappa shape index (κ3) is 5.72. The smallest absolute Gasteiger partial charge is 0.220 e. The van der Waals surface area contributed by atoms with Gasteiger partial charge in [-0.15, -0.1) is 0 Å². The van der Waals surface area contributed by atoms with Gasteiger partial charge in [0.1, 0.15) is 17.3 Å². The van der Waals surface area contributed by atoms with Gasteiger partial charge in [0.15, 0.2) is 0 Å². The zero-order valence-corrected chi connectivity index (χ0v) is 17.7. The fraction of sp³-hybridized carbons (Fsp3) is 0.560. The van der Waals surface area contributed by atoms with Crippen LogP contribution in [-0.2, 0) is 11.2 Å². The van der Waals surface area contributed by atoms with E-state index in [4.69, 9.17) is 4.42 Å². The SMILES string of the molecule is O=C(CCc1ccc(-c2ccccc2F)o1)NC1CCN(CC2CCCCC2)CC1. The minimum atomic E-state index is -0.300. The molecule has 5 heteroatoms. The second kappa shape index (κ2) is 10.3. The maximum atomic E-state index is 13.9. The Morgan fingerprint density at radius 2 is 1.80 bits per heavy atom. The number of nitrogens with zero attached hydrogens (tertiary/aromatic N) is 1. The Bertz CT molecular complexity index is 820. The van der Waals surface area contributed by atoms with E-state index in [-0.39, 0.29) is 17.8 Å². The first-order valence-electron chi connectivity index (χ1n) is 11.5. The first-order chi connectivity index (χ1) is 14.7. The molecule has 30 heavy (non-hydrogen) atoms. The third-order valence-electron chi connectivity index (χ3n) is 6.59. The van der Waals surface area contributed by atoms with E-state index in [0.29, 0.717) is 29.9 Å². The molecule has 2 aliphatic rings. The Labute approximate surface area is 178 Å². The van der Waals surface area contributed by atoms with Crippen molar-refractivity contribution in [1.29, 1.82) is 0 Å². The number of piperidine rings is 1. The molecule has 1 amide bonds. The first-order valence-corrected chi connectivity index (χ1v) is 11.5. The van der Waals surface area contributed by atoms with Gasteiger partial charge >= 0.3 is 0 Å². The topological polar surface area (TPSA) is 45.5 Å². The Hall–Kier alpha value is -2.14. The summed E-state index contributed by atoms with van der Waals surface area (Å²) in [7, 11) is 0. The van der Waals surface area contributed by atoms with E-state index < -0.39 is 0 Å². The number of carbonyl (C=O) groups is 1. The summed E-state index contributed by atoms with van der Waals surface area (Å²) < 4.78 is 19.6. The van der Waals surface area contributed by atoms with E-state index in [1.54, 1.807) is 24.3 Å². The fourth-order valence-electron chi connectivity index (χ4n) is 4.85. The summed E-state index contributed by atoms with van der Waals surface area (Å²) in [5.74, 6) is 1.88. The third-order valence-corrected chi connectivity index (χ3v) is 6.59. The van der Waals surface area contributed by atoms with Gasteiger partial charge in [-0.2, -0.15) is 0 Å². The Kier molecular flexibility index (Phi) is 7.21. The van der Waals surface area contributed by atoms with Gasteiger partial charge in [-0.3, -0.25) is 4.79 Å². The molecule has 4 rings (SSSR count). The van der Waals surface area contributed by atoms with Gasteiger partial charge < -0.3 is 14.6 Å². The summed E-state index contributed by atoms with van der Waals surface area (Å²) in [6.45, 7) is 3.42. The molecule has 1 aromatic heterocycles. The van der Waals surface area contributed by atoms with Gasteiger partial charge in [0.2, 0.25) is 5.91 Å². The van der Waals surface area contributed by atoms with Crippen molar-refractivity contribution in [3.8, 4) is 11.3 Å². The normalized spacial score (nSPS) is 19.1. The molecule has 0 bridgehead atoms. The summed E-state index contributed by atoms with van der Waals surface area (Å²) in [5.41, 5.74) is 0.452. The molecule has 4 nitrogen and oxygen atoms in total. The molecule has 0 radical (unpaired) electrons. The monoisotopic (exact) mass is 412 g/mol. The fourth-order valence-corrected chi connectivity index (χ4v) is 4.85. The Balaban J connectivity index is 1.17. The van der Waals surface area contributed by atoms with Crippen molar-refractivity contribution in [2.24, 2.45) is 5.92 Å². The number of furan rings is 1. The van der Waals surface area contributed by atoms with Crippen molar-refractivity contribution in [1.82, 2.24) is 10.2 Å². The summed E-state index contributed by atoms with van der Waals surface area (Å²) in [6.07, 6.45) is 9.99. The summed E-state index contributed by atoms with van der Waals surface area (Å²) in [6, 6.07) is 10.5. The molecule has 162 valence electrons. The molecule has 1 saturated heterocycles. The van der Waals surface area contributed by atoms with Gasteiger partial charge in [0, 0.05) is 38.5 Å². The molecule has 1 aliphatic heterocycles. The van der Waals surface area contributed by atoms with E-state index >= 15 is 0 Å². The van der Waals surface area contributed by atoms with Crippen LogP contribution in [0.2, 0.25) is 0 Å². The maximum absolute atomic E-state index is 13.9. The van der Waals surface area contributed by atoms with Crippen LogP contribution in [0.4, 0.5) is 4.39 Å². The molecule has 1 aromatic carbocycles. The summed E-state index contributed by atoms with van der Waals surface area (Å²) in [5, 5.41) is 3.19. The van der Waals surface area contributed by atoms with Gasteiger partial charge in [0.25, 0.3) is 0 Å². The number of halogens is 1. The molecule has 1 saturated carbocycles. The molecular formula is C25H33FN2O2. The van der Waals surface area contributed by atoms with E-state index in [0.717, 1.165) is 31.8 Å². The van der Waals surface area contributed by atoms with Crippen molar-refractivity contribution in [2.45, 2.75) is 63.8 Å². The van der Waals surface area contributed by atoms with Gasteiger partial charge in [-0.1, -0.05) is 31.4 Å². The number of amides is 1. The highest BCUT2D eigenvalue weighted by atomic mass is 19.1. The quantitative estimate of drug-likeness (QED) is 0.682. The van der Waals surface area contributed by atoms with Crippen LogP contribution in [0.5, 0.6) is 0 Å². The van der Waals surface area contributed by atoms with Crippen molar-refractivity contribution in [2.75, 3.05) is 19.6 Å². The van der Waals surface area contributed by atoms with Crippen LogP contribution in [0.3, 0.4) is 0 Å². The lowest BCUT2D eigenvalue weighted by molar-refractivity contribution is -0.122. The van der Waals surface area contributed by atoms with Crippen LogP contribution < -0.4 is 5.32 Å². The van der Waals surface area contributed by atoms with Crippen LogP contribution in [0.1, 0.15) is 57.1 Å². The number of hydrogen-bond donors (Lipinski definition) is 1. The average molecular weight is 413 g/mol. The lowest BCUT2D eigenvalue weighted by Gasteiger charge is -2.35. The average Bonchev–Trinajstić information content (AvgIpc) is 3.24. The Morgan fingerprint density at radius 1 is 1.03 bits per heavy atom. The molecule has 0 unspecified atom stereocenters. The molecule has 1 aliphatic carbocycles. The zero-order chi connectivity index (χ0) is 20.8. The van der Waals surface area contributed by atoms with E-state index in [2.05, 4.69) is 10.2 Å². The van der Waals surface area contributed by atoms with Crippen LogP contribution in [0.25, 0.3) is 11.3 Å². The van der Waals surface area contributed by atoms with E-state index in [1.807, 2.05) is 6.07 Å². The number of hydrogen-bond acceptors (Lipinski definition) is 3. The van der Waals surface area contributed by atoms with Gasteiger partial charge in [-0.25, -0.2) is 4.39 Å². The maximum Gasteiger partial charge on any atom is 0.220 e. The summed E-state index contributed by atoms with van der Waals surface area (Å²) >= 11 is 0. The van der Waals surface area contributed by atoms with Crippen LogP contribution in [0, 0.1) is 11.7 Å². The van der Waals surface area contributed by atoms with Crippen LogP contribution in [0.15, 0.2) is 40.8 Å². The van der Waals surface area contributed by atoms with Crippen LogP contribution >= 0.6 is 0 Å². The molecule has 0 atom stereocenters. The van der Waals surface area contributed by atoms with Crippen molar-refractivity contribution < 1.29 is 13.6 Å². The standard InChI is InChI=1S/C25H33FN2O2/c26-23-9-5-4-8-22(23)24-12-10-21(30-24)11-13-25(29)27-20-14-16-28(17-15-20)18-19-6-2-1-3-7-19/h4-5,8-10,12,19-20H,1-3,6-7,11,13-18H2,(H,27,29). The molecular weight excluding hydrogens is 379 g/mol. The van der Waals surface area contributed by atoms with Gasteiger partial charge in [0.05, 0.1) is 5.56 Å². The van der Waals surface area contributed by atoms with Crippen LogP contribution in [-0.4, -0.2) is 36.5 Å². The number of benzene rings is 1. The van der Waals surface area contributed by atoms with Crippen molar-refractivity contribution in [3.63, 3.8) is 0 Å². The zero-order valence-electron chi connectivity index (χ0n) is 17.7. The lowest BCUT2D eigenvalue weighted by atomic mass is 9.88. The predicted octanol–water partition coefficient (Wildman–Crippen LogP) is 5.18. The second-order valence-corrected chi connectivity index (χ2v) is 8.89. The highest BCUT2D eigenvalue weighted by Gasteiger charge is 2.23. The number of carbonyl (C=O) groups excluding carboxylic acids is 1. The Morgan fingerprint density at radius 3 is 2.57 bits per heavy atom.